The van der Waals surface area contributed by atoms with Crippen LogP contribution in [0, 0.1) is 6.92 Å². The summed E-state index contributed by atoms with van der Waals surface area (Å²) in [6, 6.07) is 13.4. The number of hydrogen-bond acceptors (Lipinski definition) is 8. The number of nitrogen functional groups attached to an aromatic ring is 1. The molecule has 11 nitrogen and oxygen atoms in total. The lowest BCUT2D eigenvalue weighted by molar-refractivity contribution is 0.0165. The Bertz CT molecular complexity index is 1660. The van der Waals surface area contributed by atoms with Crippen LogP contribution in [0.4, 0.5) is 10.6 Å². The molecule has 3 N–H and O–H groups in total. The van der Waals surface area contributed by atoms with Crippen molar-refractivity contribution in [2.45, 2.75) is 77.6 Å². The van der Waals surface area contributed by atoms with Crippen molar-refractivity contribution in [1.29, 1.82) is 0 Å². The van der Waals surface area contributed by atoms with E-state index in [1.807, 2.05) is 68.8 Å². The zero-order chi connectivity index (χ0) is 31.6. The van der Waals surface area contributed by atoms with Crippen molar-refractivity contribution in [1.82, 2.24) is 30.0 Å². The van der Waals surface area contributed by atoms with Gasteiger partial charge in [-0.05, 0) is 71.1 Å². The molecule has 232 valence electrons. The first-order valence-corrected chi connectivity index (χ1v) is 14.9. The number of rotatable bonds is 7. The van der Waals surface area contributed by atoms with Gasteiger partial charge in [-0.25, -0.2) is 19.4 Å². The largest absolute Gasteiger partial charge is 0.496 e. The van der Waals surface area contributed by atoms with E-state index < -0.39 is 5.60 Å². The second-order valence-corrected chi connectivity index (χ2v) is 12.4. The minimum absolute atomic E-state index is 0.0137. The lowest BCUT2D eigenvalue weighted by atomic mass is 9.90. The second kappa shape index (κ2) is 12.5. The minimum atomic E-state index is -0.559. The molecule has 44 heavy (non-hydrogen) atoms. The predicted molar refractivity (Wildman–Crippen MR) is 169 cm³/mol. The Labute approximate surface area is 257 Å². The van der Waals surface area contributed by atoms with Crippen molar-refractivity contribution < 1.29 is 19.1 Å². The average Bonchev–Trinajstić information content (AvgIpc) is 3.40. The minimum Gasteiger partial charge on any atom is -0.496 e. The van der Waals surface area contributed by atoms with Gasteiger partial charge >= 0.3 is 6.09 Å². The van der Waals surface area contributed by atoms with Crippen molar-refractivity contribution in [2.24, 2.45) is 0 Å². The Kier molecular flexibility index (Phi) is 8.75. The Balaban J connectivity index is 1.36. The second-order valence-electron chi connectivity index (χ2n) is 12.4. The van der Waals surface area contributed by atoms with Crippen molar-refractivity contribution in [3.8, 4) is 17.0 Å². The third-order valence-corrected chi connectivity index (χ3v) is 7.99. The molecule has 1 fully saturated rings. The van der Waals surface area contributed by atoms with E-state index in [0.29, 0.717) is 40.4 Å². The number of nitrogens with two attached hydrogens (primary N) is 1. The molecule has 0 bridgehead atoms. The lowest BCUT2D eigenvalue weighted by Gasteiger charge is -2.36. The van der Waals surface area contributed by atoms with Crippen LogP contribution in [0.3, 0.4) is 0 Å². The Morgan fingerprint density at radius 3 is 2.57 bits per heavy atom. The molecule has 0 aliphatic heterocycles. The quantitative estimate of drug-likeness (QED) is 0.277. The molecular formula is C33H41N7O4. The summed E-state index contributed by atoms with van der Waals surface area (Å²) in [4.78, 5) is 36.2. The van der Waals surface area contributed by atoms with Crippen LogP contribution >= 0.6 is 0 Å². The normalized spacial score (nSPS) is 16.9. The monoisotopic (exact) mass is 599 g/mol. The number of benzene rings is 2. The fourth-order valence-electron chi connectivity index (χ4n) is 5.71. The molecule has 1 aliphatic rings. The van der Waals surface area contributed by atoms with E-state index in [4.69, 9.17) is 20.3 Å². The third-order valence-electron chi connectivity index (χ3n) is 7.99. The van der Waals surface area contributed by atoms with Gasteiger partial charge in [-0.1, -0.05) is 35.9 Å². The van der Waals surface area contributed by atoms with Crippen molar-refractivity contribution in [2.75, 3.05) is 19.9 Å². The van der Waals surface area contributed by atoms with Crippen LogP contribution in [0.5, 0.6) is 5.75 Å². The topological polar surface area (TPSA) is 137 Å². The van der Waals surface area contributed by atoms with E-state index in [-0.39, 0.29) is 24.1 Å². The fraction of sp³-hybridized carbons (Fsp3) is 0.424. The molecule has 2 unspecified atom stereocenters. The van der Waals surface area contributed by atoms with Gasteiger partial charge in [0.25, 0.3) is 5.91 Å². The average molecular weight is 600 g/mol. The molecular weight excluding hydrogens is 558 g/mol. The highest BCUT2D eigenvalue weighted by atomic mass is 16.6. The van der Waals surface area contributed by atoms with Crippen LogP contribution < -0.4 is 15.8 Å². The summed E-state index contributed by atoms with van der Waals surface area (Å²) in [5.74, 6) is 0.691. The van der Waals surface area contributed by atoms with Crippen molar-refractivity contribution >= 4 is 28.9 Å². The maximum absolute atomic E-state index is 12.9. The third kappa shape index (κ3) is 6.61. The first-order valence-electron chi connectivity index (χ1n) is 14.9. The lowest BCUT2D eigenvalue weighted by Crippen LogP contribution is -2.43. The van der Waals surface area contributed by atoms with Crippen LogP contribution in [0.25, 0.3) is 22.3 Å². The molecule has 2 heterocycles. The van der Waals surface area contributed by atoms with E-state index in [0.717, 1.165) is 42.4 Å². The van der Waals surface area contributed by atoms with E-state index in [1.54, 1.807) is 25.1 Å². The van der Waals surface area contributed by atoms with Gasteiger partial charge in [-0.15, -0.1) is 0 Å². The Morgan fingerprint density at radius 1 is 1.11 bits per heavy atom. The zero-order valence-electron chi connectivity index (χ0n) is 26.3. The summed E-state index contributed by atoms with van der Waals surface area (Å²) in [5.41, 5.74) is 10.5. The van der Waals surface area contributed by atoms with Crippen LogP contribution in [0.1, 0.15) is 74.0 Å². The predicted octanol–water partition coefficient (Wildman–Crippen LogP) is 5.67. The summed E-state index contributed by atoms with van der Waals surface area (Å²) in [5, 5.41) is 8.71. The van der Waals surface area contributed by atoms with E-state index in [2.05, 4.69) is 15.3 Å². The molecule has 1 aliphatic carbocycles. The maximum Gasteiger partial charge on any atom is 0.410 e. The van der Waals surface area contributed by atoms with Crippen LogP contribution in [-0.4, -0.2) is 62.4 Å². The summed E-state index contributed by atoms with van der Waals surface area (Å²) in [7, 11) is 3.35. The summed E-state index contributed by atoms with van der Waals surface area (Å²) >= 11 is 0. The van der Waals surface area contributed by atoms with Gasteiger partial charge in [0.1, 0.15) is 29.2 Å². The number of carbonyl (C=O) groups is 2. The first-order chi connectivity index (χ1) is 20.9. The smallest absolute Gasteiger partial charge is 0.410 e. The number of anilines is 1. The number of ether oxygens (including phenoxy) is 2. The number of nitrogens with one attached hydrogen (secondary N) is 1. The van der Waals surface area contributed by atoms with Gasteiger partial charge in [0.05, 0.1) is 24.1 Å². The Hall–Kier alpha value is -4.67. The van der Waals surface area contributed by atoms with Gasteiger partial charge in [0.15, 0.2) is 5.65 Å². The fourth-order valence-corrected chi connectivity index (χ4v) is 5.71. The van der Waals surface area contributed by atoms with Crippen molar-refractivity contribution in [3.63, 3.8) is 0 Å². The molecule has 0 saturated heterocycles. The molecule has 0 radical (unpaired) electrons. The number of fused-ring (bicyclic) bond motifs is 1. The molecule has 4 aromatic rings. The molecule has 5 rings (SSSR count). The summed E-state index contributed by atoms with van der Waals surface area (Å²) in [6.07, 6.45) is 4.60. The summed E-state index contributed by atoms with van der Waals surface area (Å²) < 4.78 is 12.9. The van der Waals surface area contributed by atoms with Gasteiger partial charge in [0.2, 0.25) is 0 Å². The molecule has 1 saturated carbocycles. The zero-order valence-corrected chi connectivity index (χ0v) is 26.3. The number of methoxy groups -OCH3 is 1. The van der Waals surface area contributed by atoms with Gasteiger partial charge < -0.3 is 25.4 Å². The number of hydrogen-bond donors (Lipinski definition) is 2. The molecule has 2 atom stereocenters. The van der Waals surface area contributed by atoms with Gasteiger partial charge in [0, 0.05) is 25.2 Å². The standard InChI is InChI=1S/C33H41N7O4/c1-20-10-15-26(43-6)25(16-20)31(41)35-18-21-11-13-22(14-12-21)28-27-29(34)36-19-37-30(27)40(38-28)24-9-7-8-23(17-24)39(5)32(42)44-33(2,3)4/h10-16,19,23-24H,7-9,17-18H2,1-6H3,(H,35,41)(H2,34,36,37). The molecule has 2 aromatic heterocycles. The number of aryl methyl sites for hydroxylation is 1. The first kappa shape index (κ1) is 30.8. The highest BCUT2D eigenvalue weighted by molar-refractivity contribution is 5.98. The number of carbonyl (C=O) groups excluding carboxylic acids is 2. The molecule has 2 amide bonds. The number of aromatic nitrogens is 4. The van der Waals surface area contributed by atoms with Gasteiger partial charge in [-0.3, -0.25) is 4.79 Å². The highest BCUT2D eigenvalue weighted by Gasteiger charge is 2.33. The SMILES string of the molecule is COc1ccc(C)cc1C(=O)NCc1ccc(-c2nn(C3CCCC(N(C)C(=O)OC(C)(C)C)C3)c3ncnc(N)c23)cc1. The molecule has 11 heteroatoms. The number of amides is 2. The van der Waals surface area contributed by atoms with Crippen LogP contribution in [0.2, 0.25) is 0 Å². The molecule has 2 aromatic carbocycles. The van der Waals surface area contributed by atoms with E-state index >= 15 is 0 Å². The number of nitrogens with zero attached hydrogens (tertiary/aromatic N) is 5. The van der Waals surface area contributed by atoms with Crippen LogP contribution in [-0.2, 0) is 11.3 Å². The Morgan fingerprint density at radius 2 is 1.86 bits per heavy atom. The highest BCUT2D eigenvalue weighted by Crippen LogP contribution is 2.37. The summed E-state index contributed by atoms with van der Waals surface area (Å²) in [6.45, 7) is 7.90. The van der Waals surface area contributed by atoms with E-state index in [1.165, 1.54) is 6.33 Å². The maximum atomic E-state index is 12.9. The molecule has 0 spiro atoms. The van der Waals surface area contributed by atoms with E-state index in [9.17, 15) is 9.59 Å². The van der Waals surface area contributed by atoms with Crippen LogP contribution in [0.15, 0.2) is 48.8 Å². The van der Waals surface area contributed by atoms with Gasteiger partial charge in [-0.2, -0.15) is 5.10 Å². The van der Waals surface area contributed by atoms with Crippen molar-refractivity contribution in [3.05, 3.63) is 65.5 Å².